The molecule has 0 spiro atoms. The second-order valence-electron chi connectivity index (χ2n) is 9.30. The average molecular weight is 602 g/mol. The zero-order valence-corrected chi connectivity index (χ0v) is 24.8. The van der Waals surface area contributed by atoms with Crippen molar-refractivity contribution in [2.45, 2.75) is 58.3 Å². The summed E-state index contributed by atoms with van der Waals surface area (Å²) in [6.45, 7) is 6.59. The fourth-order valence-corrected chi connectivity index (χ4v) is 3.69. The van der Waals surface area contributed by atoms with E-state index >= 15 is 0 Å². The molecule has 1 aromatic rings. The summed E-state index contributed by atoms with van der Waals surface area (Å²) < 4.78 is 32.2. The van der Waals surface area contributed by atoms with E-state index in [4.69, 9.17) is 28.4 Å². The van der Waals surface area contributed by atoms with Gasteiger partial charge in [-0.05, 0) is 12.5 Å². The van der Waals surface area contributed by atoms with Crippen molar-refractivity contribution in [1.29, 1.82) is 0 Å². The molecule has 1 aromatic carbocycles. The normalized spacial score (nSPS) is 11.0. The molecule has 1 N–H and O–H groups in total. The van der Waals surface area contributed by atoms with Crippen LogP contribution in [0.25, 0.3) is 0 Å². The van der Waals surface area contributed by atoms with Crippen LogP contribution in [0.1, 0.15) is 58.3 Å². The minimum Gasteiger partial charge on any atom is -0.463 e. The molecule has 240 valence electrons. The molecular weight excluding hydrogens is 554 g/mol. The van der Waals surface area contributed by atoms with Gasteiger partial charge in [0.05, 0.1) is 82.0 Å². The summed E-state index contributed by atoms with van der Waals surface area (Å²) >= 11 is 0. The van der Waals surface area contributed by atoms with Crippen LogP contribution >= 0.6 is 0 Å². The largest absolute Gasteiger partial charge is 0.463 e. The Morgan fingerprint density at radius 1 is 0.690 bits per heavy atom. The number of esters is 1. The number of unbranched alkanes of at least 4 members (excludes halogenated alkanes) is 6. The molecule has 0 amide bonds. The van der Waals surface area contributed by atoms with Crippen LogP contribution in [-0.4, -0.2) is 95.0 Å². The summed E-state index contributed by atoms with van der Waals surface area (Å²) in [4.78, 5) is 32.2. The Morgan fingerprint density at radius 3 is 1.71 bits per heavy atom. The monoisotopic (exact) mass is 601 g/mol. The van der Waals surface area contributed by atoms with Gasteiger partial charge in [0.15, 0.2) is 0 Å². The Kier molecular flexibility index (Phi) is 22.8. The maximum absolute atomic E-state index is 11.7. The molecule has 0 aliphatic heterocycles. The number of benzene rings is 1. The summed E-state index contributed by atoms with van der Waals surface area (Å²) in [6.07, 6.45) is 8.65. The Morgan fingerprint density at radius 2 is 1.19 bits per heavy atom. The first-order valence-corrected chi connectivity index (χ1v) is 14.7. The molecule has 0 fully saturated rings. The van der Waals surface area contributed by atoms with Crippen molar-refractivity contribution >= 4 is 23.0 Å². The number of nitro groups is 2. The number of hydrogen-bond donors (Lipinski definition) is 1. The second-order valence-corrected chi connectivity index (χ2v) is 9.30. The van der Waals surface area contributed by atoms with E-state index in [0.29, 0.717) is 72.4 Å². The third kappa shape index (κ3) is 20.0. The second kappa shape index (κ2) is 25.8. The maximum atomic E-state index is 11.7. The first kappa shape index (κ1) is 37.1. The Bertz CT molecular complexity index is 874. The van der Waals surface area contributed by atoms with Crippen molar-refractivity contribution in [3.63, 3.8) is 0 Å². The lowest BCUT2D eigenvalue weighted by Gasteiger charge is -2.09. The van der Waals surface area contributed by atoms with Crippen LogP contribution in [0.4, 0.5) is 17.1 Å². The fraction of sp³-hybridized carbons (Fsp3) is 0.750. The van der Waals surface area contributed by atoms with Gasteiger partial charge in [-0.1, -0.05) is 45.4 Å². The molecule has 0 saturated carbocycles. The van der Waals surface area contributed by atoms with Crippen LogP contribution in [0.2, 0.25) is 0 Å². The lowest BCUT2D eigenvalue weighted by molar-refractivity contribution is -0.393. The lowest BCUT2D eigenvalue weighted by Crippen LogP contribution is -2.15. The number of carbonyl (C=O) groups is 1. The standard InChI is InChI=1S/C28H47N3O11/c1-2-3-4-5-6-7-8-9-28(32)42-23-22-41-21-20-40-19-18-39-17-16-38-15-14-37-13-12-29-26-11-10-25(30(33)34)24-27(26)31(35)36/h10-11,24,29H,2-9,12-23H2,1H3. The SMILES string of the molecule is CCCCCCCCCC(=O)OCCOCCOCCOCCOCCOCCNc1ccc([N+](=O)[O-])cc1[N+](=O)[O-]. The van der Waals surface area contributed by atoms with Gasteiger partial charge in [-0.25, -0.2) is 0 Å². The van der Waals surface area contributed by atoms with Crippen LogP contribution in [0, 0.1) is 20.2 Å². The van der Waals surface area contributed by atoms with Crippen molar-refractivity contribution in [2.75, 3.05) is 84.5 Å². The first-order chi connectivity index (χ1) is 20.5. The Labute approximate surface area is 247 Å². The van der Waals surface area contributed by atoms with E-state index in [0.717, 1.165) is 18.9 Å². The summed E-state index contributed by atoms with van der Waals surface area (Å²) in [5.74, 6) is -0.165. The highest BCUT2D eigenvalue weighted by atomic mass is 16.6. The molecule has 0 atom stereocenters. The van der Waals surface area contributed by atoms with Crippen LogP contribution in [0.3, 0.4) is 0 Å². The van der Waals surface area contributed by atoms with E-state index in [9.17, 15) is 25.0 Å². The van der Waals surface area contributed by atoms with Crippen molar-refractivity contribution in [2.24, 2.45) is 0 Å². The minimum atomic E-state index is -0.682. The lowest BCUT2D eigenvalue weighted by atomic mass is 10.1. The Hall–Kier alpha value is -2.91. The molecule has 0 radical (unpaired) electrons. The maximum Gasteiger partial charge on any atom is 0.305 e. The van der Waals surface area contributed by atoms with Crippen LogP contribution < -0.4 is 5.32 Å². The first-order valence-electron chi connectivity index (χ1n) is 14.7. The molecule has 42 heavy (non-hydrogen) atoms. The predicted octanol–water partition coefficient (Wildman–Crippen LogP) is 4.68. The zero-order chi connectivity index (χ0) is 30.7. The number of rotatable bonds is 29. The highest BCUT2D eigenvalue weighted by molar-refractivity contribution is 5.69. The van der Waals surface area contributed by atoms with Crippen molar-refractivity contribution in [3.8, 4) is 0 Å². The third-order valence-corrected chi connectivity index (χ3v) is 5.91. The highest BCUT2D eigenvalue weighted by Gasteiger charge is 2.19. The number of non-ortho nitro benzene ring substituents is 1. The molecule has 0 bridgehead atoms. The van der Waals surface area contributed by atoms with Gasteiger partial charge < -0.3 is 33.7 Å². The number of nitrogens with zero attached hydrogens (tertiary/aromatic N) is 2. The van der Waals surface area contributed by atoms with E-state index in [1.807, 2.05) is 0 Å². The fourth-order valence-electron chi connectivity index (χ4n) is 3.69. The minimum absolute atomic E-state index is 0.165. The highest BCUT2D eigenvalue weighted by Crippen LogP contribution is 2.28. The van der Waals surface area contributed by atoms with Crippen molar-refractivity contribution in [3.05, 3.63) is 38.4 Å². The van der Waals surface area contributed by atoms with Gasteiger partial charge in [0.1, 0.15) is 12.3 Å². The van der Waals surface area contributed by atoms with Crippen LogP contribution in [-0.2, 0) is 33.2 Å². The average Bonchev–Trinajstić information content (AvgIpc) is 2.97. The molecule has 0 saturated heterocycles. The molecule has 0 aliphatic carbocycles. The molecular formula is C28H47N3O11. The van der Waals surface area contributed by atoms with Gasteiger partial charge in [0, 0.05) is 19.0 Å². The van der Waals surface area contributed by atoms with Crippen LogP contribution in [0.5, 0.6) is 0 Å². The number of nitro benzene ring substituents is 2. The van der Waals surface area contributed by atoms with Gasteiger partial charge in [-0.3, -0.25) is 25.0 Å². The molecule has 0 heterocycles. The number of carbonyl (C=O) groups excluding carboxylic acids is 1. The van der Waals surface area contributed by atoms with E-state index in [1.165, 1.54) is 44.2 Å². The number of nitrogens with one attached hydrogen (secondary N) is 1. The third-order valence-electron chi connectivity index (χ3n) is 5.91. The number of hydrogen-bond acceptors (Lipinski definition) is 12. The molecule has 0 aromatic heterocycles. The van der Waals surface area contributed by atoms with Crippen molar-refractivity contribution < 1.29 is 43.1 Å². The van der Waals surface area contributed by atoms with E-state index in [-0.39, 0.29) is 36.2 Å². The van der Waals surface area contributed by atoms with E-state index < -0.39 is 9.85 Å². The van der Waals surface area contributed by atoms with Gasteiger partial charge in [-0.15, -0.1) is 0 Å². The van der Waals surface area contributed by atoms with E-state index in [1.54, 1.807) is 0 Å². The van der Waals surface area contributed by atoms with Gasteiger partial charge in [0.2, 0.25) is 0 Å². The predicted molar refractivity (Wildman–Crippen MR) is 156 cm³/mol. The van der Waals surface area contributed by atoms with Gasteiger partial charge in [0.25, 0.3) is 11.4 Å². The molecule has 0 aliphatic rings. The van der Waals surface area contributed by atoms with Crippen molar-refractivity contribution in [1.82, 2.24) is 0 Å². The topological polar surface area (TPSA) is 171 Å². The van der Waals surface area contributed by atoms with Gasteiger partial charge >= 0.3 is 5.97 Å². The summed E-state index contributed by atoms with van der Waals surface area (Å²) in [6, 6.07) is 3.42. The van der Waals surface area contributed by atoms with Gasteiger partial charge in [-0.2, -0.15) is 0 Å². The summed E-state index contributed by atoms with van der Waals surface area (Å²) in [5.41, 5.74) is -0.524. The Balaban J connectivity index is 1.82. The number of anilines is 1. The van der Waals surface area contributed by atoms with E-state index in [2.05, 4.69) is 12.2 Å². The zero-order valence-electron chi connectivity index (χ0n) is 24.8. The molecule has 14 heteroatoms. The summed E-state index contributed by atoms with van der Waals surface area (Å²) in [7, 11) is 0. The molecule has 0 unspecified atom stereocenters. The quantitative estimate of drug-likeness (QED) is 0.0583. The smallest absolute Gasteiger partial charge is 0.305 e. The summed E-state index contributed by atoms with van der Waals surface area (Å²) in [5, 5.41) is 24.7. The number of ether oxygens (including phenoxy) is 6. The van der Waals surface area contributed by atoms with Crippen LogP contribution in [0.15, 0.2) is 18.2 Å². The molecule has 1 rings (SSSR count). The molecule has 14 nitrogen and oxygen atoms in total.